The van der Waals surface area contributed by atoms with Gasteiger partial charge in [-0.05, 0) is 0 Å². The minimum atomic E-state index is 0.121. The Labute approximate surface area is 122 Å². The molecule has 0 heterocycles. The third-order valence-electron chi connectivity index (χ3n) is 2.87. The summed E-state index contributed by atoms with van der Waals surface area (Å²) in [5.41, 5.74) is 2.33. The van der Waals surface area contributed by atoms with Crippen molar-refractivity contribution in [3.63, 3.8) is 0 Å². The monoisotopic (exact) mass is 314 g/mol. The Bertz CT molecular complexity index is 546. The molecule has 0 aliphatic carbocycles. The van der Waals surface area contributed by atoms with Crippen molar-refractivity contribution in [2.75, 3.05) is 0 Å². The van der Waals surface area contributed by atoms with Crippen molar-refractivity contribution < 1.29 is 0 Å². The molecule has 1 nitrogen and oxygen atoms in total. The molecule has 0 bridgehead atoms. The van der Waals surface area contributed by atoms with Crippen LogP contribution in [0.3, 0.4) is 0 Å². The van der Waals surface area contributed by atoms with E-state index in [9.17, 15) is 0 Å². The summed E-state index contributed by atoms with van der Waals surface area (Å²) in [4.78, 5) is 4.80. The number of rotatable bonds is 5. The minimum absolute atomic E-state index is 0.121. The molecule has 1 atom stereocenters. The third-order valence-corrected chi connectivity index (χ3v) is 3.58. The molecule has 2 heteroatoms. The molecule has 0 spiro atoms. The SMILES string of the molecule is C=CCC(N=C([Se])c1ccccc1)c1ccccc1. The van der Waals surface area contributed by atoms with Crippen LogP contribution < -0.4 is 0 Å². The summed E-state index contributed by atoms with van der Waals surface area (Å²) in [5, 5.41) is 0. The predicted molar refractivity (Wildman–Crippen MR) is 82.7 cm³/mol. The zero-order valence-electron chi connectivity index (χ0n) is 10.7. The molecule has 0 saturated heterocycles. The van der Waals surface area contributed by atoms with Gasteiger partial charge >= 0.3 is 123 Å². The number of hydrogen-bond donors (Lipinski definition) is 0. The molecule has 2 aromatic carbocycles. The van der Waals surface area contributed by atoms with E-state index in [4.69, 9.17) is 4.99 Å². The average molecular weight is 313 g/mol. The predicted octanol–water partition coefficient (Wildman–Crippen LogP) is 3.92. The maximum absolute atomic E-state index is 4.80. The molecule has 2 rings (SSSR count). The first kappa shape index (κ1) is 13.8. The van der Waals surface area contributed by atoms with E-state index in [-0.39, 0.29) is 6.04 Å². The third kappa shape index (κ3) is 3.92. The fourth-order valence-electron chi connectivity index (χ4n) is 1.89. The van der Waals surface area contributed by atoms with E-state index >= 15 is 0 Å². The second-order valence-corrected chi connectivity index (χ2v) is 5.06. The van der Waals surface area contributed by atoms with Crippen LogP contribution in [0.1, 0.15) is 23.6 Å². The van der Waals surface area contributed by atoms with Crippen LogP contribution in [-0.2, 0) is 0 Å². The molecule has 0 N–H and O–H groups in total. The summed E-state index contributed by atoms with van der Waals surface area (Å²) in [6.07, 6.45) is 2.75. The van der Waals surface area contributed by atoms with E-state index in [2.05, 4.69) is 46.9 Å². The molecule has 0 aliphatic heterocycles. The molecule has 2 aromatic rings. The van der Waals surface area contributed by atoms with Crippen LogP contribution in [0.25, 0.3) is 0 Å². The van der Waals surface area contributed by atoms with E-state index in [0.29, 0.717) is 0 Å². The van der Waals surface area contributed by atoms with Gasteiger partial charge in [-0.1, -0.05) is 0 Å². The molecule has 1 radical (unpaired) electrons. The quantitative estimate of drug-likeness (QED) is 0.451. The van der Waals surface area contributed by atoms with E-state index in [1.54, 1.807) is 0 Å². The summed E-state index contributed by atoms with van der Waals surface area (Å²) >= 11 is 3.07. The van der Waals surface area contributed by atoms with Crippen LogP contribution >= 0.6 is 0 Å². The Morgan fingerprint density at radius 2 is 1.63 bits per heavy atom. The summed E-state index contributed by atoms with van der Waals surface area (Å²) in [6.45, 7) is 3.83. The molecule has 0 saturated carbocycles. The average Bonchev–Trinajstić information content (AvgIpc) is 2.48. The zero-order valence-corrected chi connectivity index (χ0v) is 12.4. The van der Waals surface area contributed by atoms with E-state index in [0.717, 1.165) is 16.6 Å². The van der Waals surface area contributed by atoms with E-state index < -0.39 is 0 Å². The summed E-state index contributed by atoms with van der Waals surface area (Å²) in [5.74, 6) is 0. The first-order valence-corrected chi connectivity index (χ1v) is 7.13. The van der Waals surface area contributed by atoms with Gasteiger partial charge in [-0.15, -0.1) is 0 Å². The molecule has 95 valence electrons. The number of nitrogens with zero attached hydrogens (tertiary/aromatic N) is 1. The Hall–Kier alpha value is -1.63. The molecule has 0 amide bonds. The van der Waals surface area contributed by atoms with Gasteiger partial charge in [-0.25, -0.2) is 0 Å². The van der Waals surface area contributed by atoms with Gasteiger partial charge in [0.1, 0.15) is 0 Å². The maximum atomic E-state index is 4.80. The van der Waals surface area contributed by atoms with Crippen molar-refractivity contribution in [3.8, 4) is 0 Å². The Morgan fingerprint density at radius 3 is 2.21 bits per heavy atom. The summed E-state index contributed by atoms with van der Waals surface area (Å²) in [6, 6.07) is 20.6. The topological polar surface area (TPSA) is 12.4 Å². The van der Waals surface area contributed by atoms with Crippen LogP contribution in [0, 0.1) is 0 Å². The van der Waals surface area contributed by atoms with Crippen LogP contribution in [0.5, 0.6) is 0 Å². The van der Waals surface area contributed by atoms with Crippen LogP contribution in [0.4, 0.5) is 0 Å². The molecule has 0 aliphatic rings. The van der Waals surface area contributed by atoms with Gasteiger partial charge in [0.05, 0.1) is 0 Å². The van der Waals surface area contributed by atoms with Gasteiger partial charge in [0.15, 0.2) is 0 Å². The number of aliphatic imine (C=N–C) groups is 1. The molecule has 0 fully saturated rings. The molecular formula is C17H16NSe. The van der Waals surface area contributed by atoms with Crippen molar-refractivity contribution in [2.24, 2.45) is 4.99 Å². The standard InChI is InChI=1S/C17H16NSe/c1-2-9-16(14-10-5-3-6-11-14)18-17(19)15-12-7-4-8-13-15/h2-8,10-13,16H,1,9H2. The van der Waals surface area contributed by atoms with Gasteiger partial charge in [-0.3, -0.25) is 0 Å². The Balaban J connectivity index is 2.28. The summed E-state index contributed by atoms with van der Waals surface area (Å²) in [7, 11) is 0. The van der Waals surface area contributed by atoms with Gasteiger partial charge in [0, 0.05) is 0 Å². The second-order valence-electron chi connectivity index (χ2n) is 4.25. The zero-order chi connectivity index (χ0) is 13.5. The van der Waals surface area contributed by atoms with Gasteiger partial charge in [0.25, 0.3) is 0 Å². The molecule has 1 unspecified atom stereocenters. The van der Waals surface area contributed by atoms with E-state index in [1.165, 1.54) is 5.56 Å². The van der Waals surface area contributed by atoms with Gasteiger partial charge in [0.2, 0.25) is 0 Å². The van der Waals surface area contributed by atoms with Crippen molar-refractivity contribution in [2.45, 2.75) is 12.5 Å². The van der Waals surface area contributed by atoms with Gasteiger partial charge < -0.3 is 0 Å². The van der Waals surface area contributed by atoms with Crippen molar-refractivity contribution in [3.05, 3.63) is 84.4 Å². The van der Waals surface area contributed by atoms with Crippen molar-refractivity contribution in [1.82, 2.24) is 0 Å². The number of hydrogen-bond acceptors (Lipinski definition) is 1. The molecule has 0 aromatic heterocycles. The Kier molecular flexibility index (Phi) is 5.14. The molecule has 19 heavy (non-hydrogen) atoms. The summed E-state index contributed by atoms with van der Waals surface area (Å²) < 4.78 is 0.941. The fourth-order valence-corrected chi connectivity index (χ4v) is 2.45. The normalized spacial score (nSPS) is 12.9. The van der Waals surface area contributed by atoms with Crippen molar-refractivity contribution in [1.29, 1.82) is 0 Å². The molecular weight excluding hydrogens is 297 g/mol. The van der Waals surface area contributed by atoms with Gasteiger partial charge in [-0.2, -0.15) is 0 Å². The van der Waals surface area contributed by atoms with Crippen molar-refractivity contribution >= 4 is 20.6 Å². The van der Waals surface area contributed by atoms with Crippen LogP contribution in [0.15, 0.2) is 78.3 Å². The van der Waals surface area contributed by atoms with Crippen LogP contribution in [0.2, 0.25) is 0 Å². The Morgan fingerprint density at radius 1 is 1.05 bits per heavy atom. The second kappa shape index (κ2) is 7.08. The number of benzene rings is 2. The van der Waals surface area contributed by atoms with E-state index in [1.807, 2.05) is 42.5 Å². The first-order valence-electron chi connectivity index (χ1n) is 6.27. The van der Waals surface area contributed by atoms with Crippen LogP contribution in [-0.4, -0.2) is 20.6 Å². The fraction of sp³-hybridized carbons (Fsp3) is 0.118. The first-order chi connectivity index (χ1) is 9.31.